The molecule has 1 aliphatic carbocycles. The zero-order chi connectivity index (χ0) is 10.8. The van der Waals surface area contributed by atoms with Crippen molar-refractivity contribution < 1.29 is 0 Å². The second kappa shape index (κ2) is 4.76. The van der Waals surface area contributed by atoms with Gasteiger partial charge in [-0.25, -0.2) is 0 Å². The maximum Gasteiger partial charge on any atom is 0.0635 e. The molecule has 1 aliphatic rings. The van der Waals surface area contributed by atoms with E-state index in [0.29, 0.717) is 0 Å². The van der Waals surface area contributed by atoms with Crippen molar-refractivity contribution in [3.8, 4) is 0 Å². The number of halogens is 1. The van der Waals surface area contributed by atoms with Crippen LogP contribution in [0.2, 0.25) is 0 Å². The third-order valence-corrected chi connectivity index (χ3v) is 4.49. The summed E-state index contributed by atoms with van der Waals surface area (Å²) in [5.41, 5.74) is 5.23. The molecule has 0 aromatic carbocycles. The quantitative estimate of drug-likeness (QED) is 0.543. The molecule has 0 saturated heterocycles. The van der Waals surface area contributed by atoms with Gasteiger partial charge >= 0.3 is 0 Å². The van der Waals surface area contributed by atoms with Crippen molar-refractivity contribution in [3.63, 3.8) is 0 Å². The van der Waals surface area contributed by atoms with Crippen LogP contribution in [-0.4, -0.2) is 14.1 Å². The number of hydrogen-bond acceptors (Lipinski definition) is 2. The molecule has 1 heterocycles. The molecule has 1 atom stereocenters. The van der Waals surface area contributed by atoms with E-state index in [4.69, 9.17) is 0 Å². The highest BCUT2D eigenvalue weighted by Gasteiger charge is 2.16. The fourth-order valence-electron chi connectivity index (χ4n) is 2.32. The highest BCUT2D eigenvalue weighted by molar-refractivity contribution is 14.1. The number of nitrogens with zero attached hydrogens (tertiary/aromatic N) is 2. The highest BCUT2D eigenvalue weighted by Crippen LogP contribution is 2.26. The molecule has 0 amide bonds. The SMILES string of the molecule is Cc1nnc(C)c2c1CCCC(I)CC2. The molecule has 1 aromatic rings. The van der Waals surface area contributed by atoms with Gasteiger partial charge < -0.3 is 0 Å². The van der Waals surface area contributed by atoms with Crippen LogP contribution < -0.4 is 0 Å². The minimum absolute atomic E-state index is 0.837. The van der Waals surface area contributed by atoms with Gasteiger partial charge in [0.1, 0.15) is 0 Å². The Morgan fingerprint density at radius 3 is 2.27 bits per heavy atom. The first kappa shape index (κ1) is 11.3. The number of hydrogen-bond donors (Lipinski definition) is 0. The normalized spacial score (nSPS) is 21.7. The summed E-state index contributed by atoms with van der Waals surface area (Å²) in [6, 6.07) is 0. The van der Waals surface area contributed by atoms with Crippen LogP contribution in [-0.2, 0) is 12.8 Å². The summed E-state index contributed by atoms with van der Waals surface area (Å²) in [5, 5.41) is 8.47. The molecule has 0 saturated carbocycles. The Morgan fingerprint density at radius 1 is 1.00 bits per heavy atom. The molecule has 3 heteroatoms. The molecule has 2 nitrogen and oxygen atoms in total. The van der Waals surface area contributed by atoms with E-state index in [9.17, 15) is 0 Å². The average Bonchev–Trinajstić information content (AvgIpc) is 2.18. The molecule has 2 rings (SSSR count). The van der Waals surface area contributed by atoms with E-state index in [0.717, 1.165) is 15.3 Å². The number of alkyl halides is 1. The lowest BCUT2D eigenvalue weighted by Gasteiger charge is -2.19. The fourth-order valence-corrected chi connectivity index (χ4v) is 3.07. The van der Waals surface area contributed by atoms with Gasteiger partial charge in [-0.2, -0.15) is 10.2 Å². The molecule has 15 heavy (non-hydrogen) atoms. The number of aryl methyl sites for hydroxylation is 2. The molecule has 1 unspecified atom stereocenters. The Labute approximate surface area is 105 Å². The van der Waals surface area contributed by atoms with Crippen molar-refractivity contribution in [3.05, 3.63) is 22.5 Å². The van der Waals surface area contributed by atoms with Gasteiger partial charge in [0.2, 0.25) is 0 Å². The number of fused-ring (bicyclic) bond motifs is 1. The van der Waals surface area contributed by atoms with Crippen molar-refractivity contribution >= 4 is 22.6 Å². The van der Waals surface area contributed by atoms with Crippen LogP contribution >= 0.6 is 22.6 Å². The first-order valence-corrected chi connectivity index (χ1v) is 6.88. The van der Waals surface area contributed by atoms with Crippen LogP contribution in [0.1, 0.15) is 41.8 Å². The second-order valence-corrected chi connectivity index (χ2v) is 6.12. The zero-order valence-corrected chi connectivity index (χ0v) is 11.5. The first-order valence-electron chi connectivity index (χ1n) is 5.64. The Hall–Kier alpha value is -0.190. The van der Waals surface area contributed by atoms with Crippen LogP contribution in [0, 0.1) is 13.8 Å². The minimum atomic E-state index is 0.837. The smallest absolute Gasteiger partial charge is 0.0635 e. The summed E-state index contributed by atoms with van der Waals surface area (Å²) in [6.07, 6.45) is 6.31. The summed E-state index contributed by atoms with van der Waals surface area (Å²) >= 11 is 2.58. The molecule has 0 aliphatic heterocycles. The summed E-state index contributed by atoms with van der Waals surface area (Å²) < 4.78 is 0.837. The van der Waals surface area contributed by atoms with Crippen LogP contribution in [0.15, 0.2) is 0 Å². The second-order valence-electron chi connectivity index (χ2n) is 4.36. The predicted molar refractivity (Wildman–Crippen MR) is 70.6 cm³/mol. The monoisotopic (exact) mass is 316 g/mol. The van der Waals surface area contributed by atoms with E-state index in [1.807, 2.05) is 0 Å². The molecule has 0 N–H and O–H groups in total. The van der Waals surface area contributed by atoms with Gasteiger partial charge in [-0.05, 0) is 57.1 Å². The number of rotatable bonds is 0. The molecule has 82 valence electrons. The van der Waals surface area contributed by atoms with Gasteiger partial charge in [0.05, 0.1) is 11.4 Å². The van der Waals surface area contributed by atoms with Crippen LogP contribution in [0.3, 0.4) is 0 Å². The van der Waals surface area contributed by atoms with Gasteiger partial charge in [-0.1, -0.05) is 22.6 Å². The summed E-state index contributed by atoms with van der Waals surface area (Å²) in [6.45, 7) is 4.18. The summed E-state index contributed by atoms with van der Waals surface area (Å²) in [5.74, 6) is 0. The Balaban J connectivity index is 2.37. The zero-order valence-electron chi connectivity index (χ0n) is 9.39. The lowest BCUT2D eigenvalue weighted by Crippen LogP contribution is -2.12. The summed E-state index contributed by atoms with van der Waals surface area (Å²) in [4.78, 5) is 0. The van der Waals surface area contributed by atoms with Crippen molar-refractivity contribution in [1.82, 2.24) is 10.2 Å². The van der Waals surface area contributed by atoms with E-state index >= 15 is 0 Å². The van der Waals surface area contributed by atoms with Gasteiger partial charge in [0.25, 0.3) is 0 Å². The van der Waals surface area contributed by atoms with E-state index in [-0.39, 0.29) is 0 Å². The molecule has 0 fully saturated rings. The van der Waals surface area contributed by atoms with Crippen LogP contribution in [0.4, 0.5) is 0 Å². The Kier molecular flexibility index (Phi) is 3.59. The van der Waals surface area contributed by atoms with Crippen molar-refractivity contribution in [2.45, 2.75) is 49.9 Å². The van der Waals surface area contributed by atoms with Gasteiger partial charge in [0.15, 0.2) is 0 Å². The average molecular weight is 316 g/mol. The molecular formula is C12H17IN2. The van der Waals surface area contributed by atoms with E-state index in [1.165, 1.54) is 43.2 Å². The third kappa shape index (κ3) is 2.49. The van der Waals surface area contributed by atoms with E-state index < -0.39 is 0 Å². The van der Waals surface area contributed by atoms with E-state index in [1.54, 1.807) is 0 Å². The maximum absolute atomic E-state index is 4.24. The van der Waals surface area contributed by atoms with Gasteiger partial charge in [-0.3, -0.25) is 0 Å². The highest BCUT2D eigenvalue weighted by atomic mass is 127. The fraction of sp³-hybridized carbons (Fsp3) is 0.667. The molecule has 0 bridgehead atoms. The number of aromatic nitrogens is 2. The van der Waals surface area contributed by atoms with Crippen molar-refractivity contribution in [2.24, 2.45) is 0 Å². The van der Waals surface area contributed by atoms with E-state index in [2.05, 4.69) is 46.6 Å². The lowest BCUT2D eigenvalue weighted by molar-refractivity contribution is 0.633. The Bertz CT molecular complexity index is 363. The standard InChI is InChI=1S/C12H17IN2/c1-8-11-5-3-4-10(13)6-7-12(11)9(2)15-14-8/h10H,3-7H2,1-2H3. The van der Waals surface area contributed by atoms with Gasteiger partial charge in [-0.15, -0.1) is 0 Å². The van der Waals surface area contributed by atoms with Crippen molar-refractivity contribution in [1.29, 1.82) is 0 Å². The van der Waals surface area contributed by atoms with Crippen LogP contribution in [0.5, 0.6) is 0 Å². The molecule has 0 spiro atoms. The third-order valence-electron chi connectivity index (χ3n) is 3.24. The maximum atomic E-state index is 4.24. The topological polar surface area (TPSA) is 25.8 Å². The van der Waals surface area contributed by atoms with Crippen LogP contribution in [0.25, 0.3) is 0 Å². The van der Waals surface area contributed by atoms with Gasteiger partial charge in [0, 0.05) is 3.92 Å². The Morgan fingerprint density at radius 2 is 1.60 bits per heavy atom. The molecular weight excluding hydrogens is 299 g/mol. The minimum Gasteiger partial charge on any atom is -0.155 e. The summed E-state index contributed by atoms with van der Waals surface area (Å²) in [7, 11) is 0. The predicted octanol–water partition coefficient (Wildman–Crippen LogP) is 3.17. The molecule has 1 aromatic heterocycles. The largest absolute Gasteiger partial charge is 0.155 e. The first-order chi connectivity index (χ1) is 7.18. The van der Waals surface area contributed by atoms with Crippen molar-refractivity contribution in [2.75, 3.05) is 0 Å². The lowest BCUT2D eigenvalue weighted by atomic mass is 9.92. The molecule has 0 radical (unpaired) electrons.